The first-order valence-corrected chi connectivity index (χ1v) is 4.48. The second-order valence-electron chi connectivity index (χ2n) is 3.42. The van der Waals surface area contributed by atoms with E-state index in [1.807, 2.05) is 18.5 Å². The van der Waals surface area contributed by atoms with Crippen molar-refractivity contribution in [2.24, 2.45) is 0 Å². The van der Waals surface area contributed by atoms with Gasteiger partial charge in [-0.2, -0.15) is 0 Å². The second kappa shape index (κ2) is 5.96. The molecule has 1 unspecified atom stereocenters. The Bertz CT molecular complexity index is 253. The molecular formula is C10H18ClN3. The molecule has 0 saturated carbocycles. The van der Waals surface area contributed by atoms with Crippen molar-refractivity contribution in [3.63, 3.8) is 0 Å². The van der Waals surface area contributed by atoms with Gasteiger partial charge in [-0.15, -0.1) is 0 Å². The minimum absolute atomic E-state index is 0. The van der Waals surface area contributed by atoms with Crippen molar-refractivity contribution >= 4 is 0 Å². The summed E-state index contributed by atoms with van der Waals surface area (Å²) in [7, 11) is 2.19. The van der Waals surface area contributed by atoms with Crippen molar-refractivity contribution in [1.82, 2.24) is 16.0 Å². The van der Waals surface area contributed by atoms with Gasteiger partial charge in [-0.05, 0) is 38.1 Å². The van der Waals surface area contributed by atoms with Crippen LogP contribution in [0, 0.1) is 0 Å². The topological polar surface area (TPSA) is 52.6 Å². The van der Waals surface area contributed by atoms with Crippen molar-refractivity contribution in [2.75, 3.05) is 13.6 Å². The van der Waals surface area contributed by atoms with E-state index < -0.39 is 0 Å². The van der Waals surface area contributed by atoms with E-state index in [0.717, 1.165) is 0 Å². The van der Waals surface area contributed by atoms with Crippen LogP contribution in [0.3, 0.4) is 0 Å². The molecule has 1 atom stereocenters. The quantitative estimate of drug-likeness (QED) is 0.669. The minimum atomic E-state index is 0. The summed E-state index contributed by atoms with van der Waals surface area (Å²) in [6, 6.07) is 4.79. The van der Waals surface area contributed by atoms with Gasteiger partial charge in [0.05, 0.1) is 0 Å². The van der Waals surface area contributed by atoms with Crippen molar-refractivity contribution in [3.8, 4) is 0 Å². The summed E-state index contributed by atoms with van der Waals surface area (Å²) in [5.74, 6) is 0. The van der Waals surface area contributed by atoms with Gasteiger partial charge in [-0.1, -0.05) is 6.07 Å². The van der Waals surface area contributed by atoms with Gasteiger partial charge in [0.15, 0.2) is 0 Å². The maximum absolute atomic E-state index is 4.14. The summed E-state index contributed by atoms with van der Waals surface area (Å²) in [5.41, 5.74) is 1.36. The van der Waals surface area contributed by atoms with Crippen LogP contribution in [0.2, 0.25) is 0 Å². The number of halogens is 1. The summed E-state index contributed by atoms with van der Waals surface area (Å²) in [6.45, 7) is 1.22. The highest BCUT2D eigenvalue weighted by Gasteiger charge is 2.21. The predicted molar refractivity (Wildman–Crippen MR) is 54.8 cm³/mol. The van der Waals surface area contributed by atoms with E-state index in [1.54, 1.807) is 0 Å². The third kappa shape index (κ3) is 2.67. The molecule has 2 heterocycles. The number of hydrogen-bond donors (Lipinski definition) is 1. The lowest BCUT2D eigenvalue weighted by molar-refractivity contribution is -0.00000302. The summed E-state index contributed by atoms with van der Waals surface area (Å²) in [6.07, 6.45) is 6.41. The maximum Gasteiger partial charge on any atom is 0.0360 e. The van der Waals surface area contributed by atoms with E-state index in [-0.39, 0.29) is 18.6 Å². The Morgan fingerprint density at radius 2 is 2.29 bits per heavy atom. The Balaban J connectivity index is 0.000000845. The first-order valence-electron chi connectivity index (χ1n) is 4.48. The molecule has 0 aliphatic carbocycles. The van der Waals surface area contributed by atoms with E-state index in [9.17, 15) is 0 Å². The zero-order chi connectivity index (χ0) is 8.39. The Hall–Kier alpha value is -0.640. The van der Waals surface area contributed by atoms with Crippen LogP contribution in [0.4, 0.5) is 0 Å². The fourth-order valence-electron chi connectivity index (χ4n) is 1.90. The number of nitrogens with zero attached hydrogens (tertiary/aromatic N) is 2. The van der Waals surface area contributed by atoms with Crippen LogP contribution in [0.15, 0.2) is 24.5 Å². The second-order valence-corrected chi connectivity index (χ2v) is 3.42. The smallest absolute Gasteiger partial charge is 0.0360 e. The molecule has 80 valence electrons. The monoisotopic (exact) mass is 215 g/mol. The Morgan fingerprint density at radius 3 is 2.79 bits per heavy atom. The van der Waals surface area contributed by atoms with Gasteiger partial charge in [0, 0.05) is 18.4 Å². The molecule has 4 heteroatoms. The molecule has 14 heavy (non-hydrogen) atoms. The van der Waals surface area contributed by atoms with Crippen molar-refractivity contribution in [1.29, 1.82) is 0 Å². The van der Waals surface area contributed by atoms with Crippen molar-refractivity contribution in [2.45, 2.75) is 18.9 Å². The average Bonchev–Trinajstić information content (AvgIpc) is 2.53. The van der Waals surface area contributed by atoms with Crippen LogP contribution in [-0.4, -0.2) is 23.5 Å². The van der Waals surface area contributed by atoms with E-state index >= 15 is 0 Å². The zero-order valence-electron chi connectivity index (χ0n) is 8.78. The van der Waals surface area contributed by atoms with Crippen LogP contribution >= 0.6 is 0 Å². The predicted octanol–water partition coefficient (Wildman–Crippen LogP) is -0.771. The number of rotatable bonds is 1. The third-order valence-corrected chi connectivity index (χ3v) is 2.59. The molecule has 0 amide bonds. The Labute approximate surface area is 91.5 Å². The summed E-state index contributed by atoms with van der Waals surface area (Å²) < 4.78 is 0. The summed E-state index contributed by atoms with van der Waals surface area (Å²) in [5, 5.41) is 0. The van der Waals surface area contributed by atoms with Crippen molar-refractivity contribution in [3.05, 3.63) is 30.1 Å². The molecule has 0 spiro atoms. The van der Waals surface area contributed by atoms with Gasteiger partial charge in [-0.25, -0.2) is 0 Å². The fraction of sp³-hybridized carbons (Fsp3) is 0.500. The van der Waals surface area contributed by atoms with Crippen LogP contribution in [-0.2, 0) is 0 Å². The standard InChI is InChI=1S/C10H14N2.ClH.H3N/c1-12-7-3-5-10(12)9-4-2-6-11-8-9;;/h2,4,6,8,10H,3,5,7H2,1H3;1H;1H3. The Kier molecular flexibility index (Phi) is 5.69. The molecule has 1 fully saturated rings. The molecule has 2 rings (SSSR count). The lowest BCUT2D eigenvalue weighted by atomic mass is 10.1. The van der Waals surface area contributed by atoms with E-state index in [1.165, 1.54) is 24.9 Å². The molecule has 0 aromatic carbocycles. The number of quaternary nitrogens is 1. The highest BCUT2D eigenvalue weighted by molar-refractivity contribution is 5.14. The van der Waals surface area contributed by atoms with Gasteiger partial charge in [0.1, 0.15) is 0 Å². The van der Waals surface area contributed by atoms with Crippen LogP contribution in [0.25, 0.3) is 0 Å². The molecule has 3 nitrogen and oxygen atoms in total. The first kappa shape index (κ1) is 13.4. The van der Waals surface area contributed by atoms with Crippen LogP contribution < -0.4 is 18.6 Å². The van der Waals surface area contributed by atoms with Crippen LogP contribution in [0.1, 0.15) is 24.4 Å². The number of pyridine rings is 1. The summed E-state index contributed by atoms with van der Waals surface area (Å²) >= 11 is 0. The molecule has 1 saturated heterocycles. The average molecular weight is 216 g/mol. The van der Waals surface area contributed by atoms with Gasteiger partial charge in [-0.3, -0.25) is 9.88 Å². The van der Waals surface area contributed by atoms with Gasteiger partial charge in [0.2, 0.25) is 0 Å². The van der Waals surface area contributed by atoms with E-state index in [4.69, 9.17) is 0 Å². The third-order valence-electron chi connectivity index (χ3n) is 2.59. The highest BCUT2D eigenvalue weighted by atomic mass is 35.5. The molecule has 1 aromatic heterocycles. The molecule has 0 bridgehead atoms. The summed E-state index contributed by atoms with van der Waals surface area (Å²) in [4.78, 5) is 6.54. The molecule has 1 aromatic rings. The Morgan fingerprint density at radius 1 is 1.50 bits per heavy atom. The van der Waals surface area contributed by atoms with Crippen LogP contribution in [0.5, 0.6) is 0 Å². The SMILES string of the molecule is CN1CCCC1c1cccnc1.[Cl-].[NH4+]. The lowest BCUT2D eigenvalue weighted by Crippen LogP contribution is -3.00. The molecular weight excluding hydrogens is 198 g/mol. The minimum Gasteiger partial charge on any atom is -1.00 e. The number of aromatic nitrogens is 1. The van der Waals surface area contributed by atoms with Gasteiger partial charge in [0.25, 0.3) is 0 Å². The molecule has 1 aliphatic rings. The maximum atomic E-state index is 4.14. The van der Waals surface area contributed by atoms with Gasteiger partial charge < -0.3 is 18.6 Å². The number of likely N-dealkylation sites (tertiary alicyclic amines) is 1. The molecule has 4 N–H and O–H groups in total. The zero-order valence-corrected chi connectivity index (χ0v) is 9.54. The highest BCUT2D eigenvalue weighted by Crippen LogP contribution is 2.29. The van der Waals surface area contributed by atoms with Crippen molar-refractivity contribution < 1.29 is 12.4 Å². The first-order chi connectivity index (χ1) is 5.88. The molecule has 0 radical (unpaired) electrons. The fourth-order valence-corrected chi connectivity index (χ4v) is 1.90. The van der Waals surface area contributed by atoms with E-state index in [0.29, 0.717) is 6.04 Å². The lowest BCUT2D eigenvalue weighted by Gasteiger charge is -2.18. The normalized spacial score (nSPS) is 21.1. The largest absolute Gasteiger partial charge is 1.00 e. The van der Waals surface area contributed by atoms with E-state index in [2.05, 4.69) is 23.0 Å². The number of hydrogen-bond acceptors (Lipinski definition) is 2. The van der Waals surface area contributed by atoms with Gasteiger partial charge >= 0.3 is 0 Å². The molecule has 1 aliphatic heterocycles.